The highest BCUT2D eigenvalue weighted by molar-refractivity contribution is 7.87. The second-order valence-corrected chi connectivity index (χ2v) is 6.95. The summed E-state index contributed by atoms with van der Waals surface area (Å²) in [5.41, 5.74) is 0. The molecule has 116 valence electrons. The number of esters is 1. The van der Waals surface area contributed by atoms with Crippen molar-refractivity contribution >= 4 is 22.0 Å². The van der Waals surface area contributed by atoms with E-state index in [1.165, 1.54) is 0 Å². The second kappa shape index (κ2) is 5.08. The van der Waals surface area contributed by atoms with Gasteiger partial charge in [0.15, 0.2) is 6.10 Å². The molecule has 0 aromatic heterocycles. The van der Waals surface area contributed by atoms with E-state index in [0.29, 0.717) is 0 Å². The summed E-state index contributed by atoms with van der Waals surface area (Å²) < 4.78 is 39.1. The van der Waals surface area contributed by atoms with E-state index < -0.39 is 45.8 Å². The maximum Gasteiger partial charge on any atom is 0.308 e. The molecule has 8 nitrogen and oxygen atoms in total. The van der Waals surface area contributed by atoms with Gasteiger partial charge in [0.2, 0.25) is 5.91 Å². The highest BCUT2D eigenvalue weighted by Gasteiger charge is 2.67. The highest BCUT2D eigenvalue weighted by atomic mass is 32.2. The zero-order valence-electron chi connectivity index (χ0n) is 11.1. The number of ether oxygens (including phenoxy) is 2. The third-order valence-corrected chi connectivity index (χ3v) is 5.57. The first-order valence-electron chi connectivity index (χ1n) is 6.59. The largest absolute Gasteiger partial charge is 0.457 e. The van der Waals surface area contributed by atoms with E-state index in [-0.39, 0.29) is 25.3 Å². The van der Waals surface area contributed by atoms with Gasteiger partial charge in [-0.3, -0.25) is 13.8 Å². The first kappa shape index (κ1) is 14.5. The summed E-state index contributed by atoms with van der Waals surface area (Å²) in [4.78, 5) is 22.7. The Balaban J connectivity index is 1.54. The van der Waals surface area contributed by atoms with Crippen molar-refractivity contribution in [1.29, 1.82) is 0 Å². The van der Waals surface area contributed by atoms with Crippen molar-refractivity contribution in [3.63, 3.8) is 0 Å². The number of rotatable bonds is 5. The van der Waals surface area contributed by atoms with Gasteiger partial charge < -0.3 is 14.8 Å². The molecule has 3 saturated heterocycles. The van der Waals surface area contributed by atoms with Crippen LogP contribution in [0.15, 0.2) is 12.7 Å². The summed E-state index contributed by atoms with van der Waals surface area (Å²) in [7, 11) is -3.62. The van der Waals surface area contributed by atoms with Gasteiger partial charge in [0.05, 0.1) is 12.5 Å². The van der Waals surface area contributed by atoms with Gasteiger partial charge in [0.1, 0.15) is 17.5 Å². The number of carbonyl (C=O) groups excluding carboxylic acids is 2. The molecular weight excluding hydrogens is 302 g/mol. The smallest absolute Gasteiger partial charge is 0.308 e. The van der Waals surface area contributed by atoms with Crippen LogP contribution in [0.3, 0.4) is 0 Å². The molecule has 0 spiro atoms. The van der Waals surface area contributed by atoms with E-state index in [0.717, 1.165) is 6.08 Å². The van der Waals surface area contributed by atoms with Gasteiger partial charge in [-0.25, -0.2) is 0 Å². The third kappa shape index (κ3) is 2.45. The van der Waals surface area contributed by atoms with Crippen LogP contribution in [0.4, 0.5) is 0 Å². The van der Waals surface area contributed by atoms with Gasteiger partial charge in [-0.05, 0) is 12.5 Å². The van der Waals surface area contributed by atoms with Crippen LogP contribution in [-0.4, -0.2) is 56.5 Å². The quantitative estimate of drug-likeness (QED) is 0.388. The Kier molecular flexibility index (Phi) is 3.50. The molecule has 3 heterocycles. The number of nitrogens with one attached hydrogen (secondary N) is 1. The van der Waals surface area contributed by atoms with Crippen LogP contribution < -0.4 is 5.32 Å². The molecule has 2 bridgehead atoms. The van der Waals surface area contributed by atoms with E-state index in [4.69, 9.17) is 13.7 Å². The lowest BCUT2D eigenvalue weighted by Crippen LogP contribution is -2.41. The van der Waals surface area contributed by atoms with Crippen molar-refractivity contribution in [3.8, 4) is 0 Å². The summed E-state index contributed by atoms with van der Waals surface area (Å²) >= 11 is 0. The molecule has 0 aliphatic carbocycles. The number of hydrogen-bond acceptors (Lipinski definition) is 7. The fraction of sp³-hybridized carbons (Fsp3) is 0.667. The van der Waals surface area contributed by atoms with Crippen LogP contribution in [0, 0.1) is 0 Å². The molecule has 0 saturated carbocycles. The Bertz CT molecular complexity index is 586. The van der Waals surface area contributed by atoms with Crippen molar-refractivity contribution < 1.29 is 31.7 Å². The monoisotopic (exact) mass is 317 g/mol. The second-order valence-electron chi connectivity index (χ2n) is 5.17. The number of fused-ring (bicyclic) bond motifs is 1. The minimum atomic E-state index is -3.62. The molecule has 0 radical (unpaired) electrons. The van der Waals surface area contributed by atoms with Crippen LogP contribution >= 0.6 is 0 Å². The zero-order chi connectivity index (χ0) is 15.2. The molecule has 9 heteroatoms. The van der Waals surface area contributed by atoms with Gasteiger partial charge in [-0.1, -0.05) is 6.58 Å². The third-order valence-electron chi connectivity index (χ3n) is 3.87. The van der Waals surface area contributed by atoms with E-state index in [2.05, 4.69) is 11.9 Å². The van der Waals surface area contributed by atoms with Crippen molar-refractivity contribution in [2.45, 2.75) is 42.5 Å². The topological polar surface area (TPSA) is 108 Å². The molecular formula is C12H15NO7S. The summed E-state index contributed by atoms with van der Waals surface area (Å²) in [5.74, 6) is -0.913. The van der Waals surface area contributed by atoms with Crippen molar-refractivity contribution in [1.82, 2.24) is 5.32 Å². The van der Waals surface area contributed by atoms with Crippen LogP contribution in [0.25, 0.3) is 0 Å². The lowest BCUT2D eigenvalue weighted by atomic mass is 9.94. The Morgan fingerprint density at radius 3 is 2.86 bits per heavy atom. The molecule has 3 aliphatic heterocycles. The summed E-state index contributed by atoms with van der Waals surface area (Å²) in [6.07, 6.45) is -1.05. The first-order chi connectivity index (χ1) is 9.92. The van der Waals surface area contributed by atoms with E-state index in [9.17, 15) is 18.0 Å². The van der Waals surface area contributed by atoms with Gasteiger partial charge in [-0.2, -0.15) is 8.42 Å². The van der Waals surface area contributed by atoms with Gasteiger partial charge in [-0.15, -0.1) is 0 Å². The van der Waals surface area contributed by atoms with Crippen LogP contribution in [-0.2, 0) is 33.4 Å². The normalized spacial score (nSPS) is 38.2. The van der Waals surface area contributed by atoms with Crippen LogP contribution in [0.5, 0.6) is 0 Å². The van der Waals surface area contributed by atoms with Crippen LogP contribution in [0.1, 0.15) is 12.8 Å². The van der Waals surface area contributed by atoms with E-state index >= 15 is 0 Å². The maximum atomic E-state index is 11.7. The first-order valence-corrected chi connectivity index (χ1v) is 8.07. The number of carbonyl (C=O) groups is 2. The fourth-order valence-electron chi connectivity index (χ4n) is 2.94. The lowest BCUT2D eigenvalue weighted by molar-refractivity contribution is -0.154. The summed E-state index contributed by atoms with van der Waals surface area (Å²) in [6.45, 7) is 3.41. The fourth-order valence-corrected chi connectivity index (χ4v) is 4.58. The Labute approximate surface area is 121 Å². The molecule has 3 fully saturated rings. The molecule has 3 rings (SSSR count). The minimum absolute atomic E-state index is 0.0175. The molecule has 1 amide bonds. The van der Waals surface area contributed by atoms with E-state index in [1.54, 1.807) is 0 Å². The predicted octanol–water partition coefficient (Wildman–Crippen LogP) is -1.14. The van der Waals surface area contributed by atoms with Crippen LogP contribution in [0.2, 0.25) is 0 Å². The molecule has 0 aromatic carbocycles. The standard InChI is InChI=1S/C12H15NO7S/c1-2-8(14)13-4-3-9(15)19-10-6-5-7-11(18-6)12(10)20-21(7,16)17/h2,6-7,10-12H,1,3-5H2,(H,13,14). The van der Waals surface area contributed by atoms with Crippen molar-refractivity contribution in [2.75, 3.05) is 6.54 Å². The van der Waals surface area contributed by atoms with Gasteiger partial charge >= 0.3 is 5.97 Å². The van der Waals surface area contributed by atoms with Gasteiger partial charge in [0.25, 0.3) is 10.1 Å². The summed E-state index contributed by atoms with van der Waals surface area (Å²) in [6, 6.07) is 0. The highest BCUT2D eigenvalue weighted by Crippen LogP contribution is 2.47. The van der Waals surface area contributed by atoms with Crippen molar-refractivity contribution in [3.05, 3.63) is 12.7 Å². The molecule has 0 aromatic rings. The SMILES string of the molecule is C=CC(=O)NCCC(=O)OC1C2CC3C(O2)C1OS3(=O)=O. The molecule has 5 unspecified atom stereocenters. The Morgan fingerprint density at radius 1 is 1.38 bits per heavy atom. The Hall–Kier alpha value is -1.45. The Morgan fingerprint density at radius 2 is 2.14 bits per heavy atom. The molecule has 5 atom stereocenters. The average Bonchev–Trinajstić information content (AvgIpc) is 3.02. The summed E-state index contributed by atoms with van der Waals surface area (Å²) in [5, 5.41) is 1.81. The zero-order valence-corrected chi connectivity index (χ0v) is 11.9. The molecule has 3 aliphatic rings. The maximum absolute atomic E-state index is 11.7. The number of amides is 1. The number of hydrogen-bond donors (Lipinski definition) is 1. The van der Waals surface area contributed by atoms with Gasteiger partial charge in [0, 0.05) is 6.54 Å². The average molecular weight is 317 g/mol. The van der Waals surface area contributed by atoms with Crippen molar-refractivity contribution in [2.24, 2.45) is 0 Å². The molecule has 1 N–H and O–H groups in total. The predicted molar refractivity (Wildman–Crippen MR) is 68.6 cm³/mol. The lowest BCUT2D eigenvalue weighted by Gasteiger charge is -2.21. The van der Waals surface area contributed by atoms with E-state index in [1.807, 2.05) is 0 Å². The minimum Gasteiger partial charge on any atom is -0.457 e. The molecule has 21 heavy (non-hydrogen) atoms.